The zero-order chi connectivity index (χ0) is 23.4. The van der Waals surface area contributed by atoms with Gasteiger partial charge in [-0.2, -0.15) is 0 Å². The summed E-state index contributed by atoms with van der Waals surface area (Å²) < 4.78 is 55.6. The van der Waals surface area contributed by atoms with Gasteiger partial charge in [-0.25, -0.2) is 26.7 Å². The zero-order valence-corrected chi connectivity index (χ0v) is 19.5. The third-order valence-corrected chi connectivity index (χ3v) is 7.73. The molecule has 0 bridgehead atoms. The van der Waals surface area contributed by atoms with E-state index < -0.39 is 26.0 Å². The minimum absolute atomic E-state index is 0.0190. The fourth-order valence-electron chi connectivity index (χ4n) is 3.29. The van der Waals surface area contributed by atoms with Crippen molar-refractivity contribution >= 4 is 37.6 Å². The molecule has 0 atom stereocenters. The maximum atomic E-state index is 12.5. The predicted molar refractivity (Wildman–Crippen MR) is 119 cm³/mol. The molecule has 2 aromatic carbocycles. The highest BCUT2D eigenvalue weighted by molar-refractivity contribution is 7.89. The molecule has 1 fully saturated rings. The van der Waals surface area contributed by atoms with E-state index in [1.165, 1.54) is 42.5 Å². The predicted octanol–water partition coefficient (Wildman–Crippen LogP) is 1.90. The van der Waals surface area contributed by atoms with Gasteiger partial charge in [-0.1, -0.05) is 36.6 Å². The van der Waals surface area contributed by atoms with Crippen molar-refractivity contribution in [3.05, 3.63) is 53.1 Å². The van der Waals surface area contributed by atoms with Gasteiger partial charge in [0.15, 0.2) is 6.61 Å². The number of nitrogens with two attached hydrogens (primary N) is 1. The first-order valence-electron chi connectivity index (χ1n) is 9.88. The van der Waals surface area contributed by atoms with Crippen LogP contribution in [0.4, 0.5) is 0 Å². The van der Waals surface area contributed by atoms with E-state index in [1.807, 2.05) is 0 Å². The maximum Gasteiger partial charge on any atom is 0.258 e. The molecule has 0 unspecified atom stereocenters. The summed E-state index contributed by atoms with van der Waals surface area (Å²) in [6, 6.07) is 9.80. The molecule has 2 aromatic rings. The summed E-state index contributed by atoms with van der Waals surface area (Å²) in [5.41, 5.74) is 0.674. The molecular weight excluding hydrogens is 478 g/mol. The Kier molecular flexibility index (Phi) is 7.78. The van der Waals surface area contributed by atoms with Crippen LogP contribution in [-0.2, 0) is 31.4 Å². The van der Waals surface area contributed by atoms with Gasteiger partial charge in [-0.15, -0.1) is 0 Å². The first kappa shape index (κ1) is 24.5. The third-order valence-electron chi connectivity index (χ3n) is 4.99. The lowest BCUT2D eigenvalue weighted by Crippen LogP contribution is -2.32. The van der Waals surface area contributed by atoms with Crippen LogP contribution < -0.4 is 19.9 Å². The van der Waals surface area contributed by atoms with Crippen LogP contribution in [0.15, 0.2) is 52.3 Å². The Morgan fingerprint density at radius 1 is 1.03 bits per heavy atom. The first-order chi connectivity index (χ1) is 15.0. The number of primary sulfonamides is 1. The summed E-state index contributed by atoms with van der Waals surface area (Å²) >= 11 is 6.15. The number of nitrogens with one attached hydrogen (secondary N) is 2. The molecule has 174 valence electrons. The van der Waals surface area contributed by atoms with E-state index in [9.17, 15) is 21.6 Å². The van der Waals surface area contributed by atoms with Crippen LogP contribution >= 0.6 is 11.6 Å². The molecule has 9 nitrogen and oxygen atoms in total. The number of carbonyl (C=O) groups excluding carboxylic acids is 1. The van der Waals surface area contributed by atoms with E-state index >= 15 is 0 Å². The molecule has 4 N–H and O–H groups in total. The molecule has 0 saturated heterocycles. The monoisotopic (exact) mass is 501 g/mol. The van der Waals surface area contributed by atoms with E-state index in [0.29, 0.717) is 5.56 Å². The quantitative estimate of drug-likeness (QED) is 0.478. The summed E-state index contributed by atoms with van der Waals surface area (Å²) in [5, 5.41) is 7.75. The van der Waals surface area contributed by atoms with Gasteiger partial charge in [0.1, 0.15) is 5.75 Å². The molecule has 3 rings (SSSR count). The fraction of sp³-hybridized carbons (Fsp3) is 0.350. The zero-order valence-electron chi connectivity index (χ0n) is 17.1. The van der Waals surface area contributed by atoms with E-state index in [2.05, 4.69) is 10.0 Å². The number of hydrogen-bond acceptors (Lipinski definition) is 6. The number of amides is 1. The lowest BCUT2D eigenvalue weighted by molar-refractivity contribution is -0.123. The van der Waals surface area contributed by atoms with Crippen molar-refractivity contribution in [3.63, 3.8) is 0 Å². The third kappa shape index (κ3) is 6.66. The lowest BCUT2D eigenvalue weighted by atomic mass is 10.2. The largest absolute Gasteiger partial charge is 0.482 e. The smallest absolute Gasteiger partial charge is 0.258 e. The number of benzene rings is 2. The van der Waals surface area contributed by atoms with Crippen LogP contribution in [0.1, 0.15) is 31.2 Å². The molecular formula is C20H24ClN3O6S2. The molecule has 0 heterocycles. The van der Waals surface area contributed by atoms with Gasteiger partial charge in [0, 0.05) is 12.6 Å². The first-order valence-corrected chi connectivity index (χ1v) is 13.3. The van der Waals surface area contributed by atoms with Crippen LogP contribution in [0.3, 0.4) is 0 Å². The van der Waals surface area contributed by atoms with Gasteiger partial charge >= 0.3 is 0 Å². The van der Waals surface area contributed by atoms with Gasteiger partial charge in [0.05, 0.1) is 14.8 Å². The van der Waals surface area contributed by atoms with Crippen molar-refractivity contribution in [1.29, 1.82) is 0 Å². The Morgan fingerprint density at radius 3 is 2.25 bits per heavy atom. The van der Waals surface area contributed by atoms with Gasteiger partial charge in [-0.05, 0) is 48.7 Å². The van der Waals surface area contributed by atoms with Crippen LogP contribution in [-0.4, -0.2) is 35.4 Å². The molecule has 1 amide bonds. The standard InChI is InChI=1S/C20H24ClN3O6S2/c21-18-11-17(32(28,29)24-15-3-1-2-4-15)9-10-19(18)30-13-20(25)23-12-14-5-7-16(8-6-14)31(22,26)27/h5-11,15,24H,1-4,12-13H2,(H,23,25)(H2,22,26,27). The van der Waals surface area contributed by atoms with Gasteiger partial charge in [0.2, 0.25) is 20.0 Å². The Morgan fingerprint density at radius 2 is 1.66 bits per heavy atom. The topological polar surface area (TPSA) is 145 Å². The van der Waals surface area contributed by atoms with Crippen LogP contribution in [0.2, 0.25) is 5.02 Å². The van der Waals surface area contributed by atoms with Crippen molar-refractivity contribution < 1.29 is 26.4 Å². The lowest BCUT2D eigenvalue weighted by Gasteiger charge is -2.14. The molecule has 1 saturated carbocycles. The average molecular weight is 502 g/mol. The van der Waals surface area contributed by atoms with Crippen LogP contribution in [0, 0.1) is 0 Å². The number of rotatable bonds is 9. The SMILES string of the molecule is NS(=O)(=O)c1ccc(CNC(=O)COc2ccc(S(=O)(=O)NC3CCCC3)cc2Cl)cc1. The summed E-state index contributed by atoms with van der Waals surface area (Å²) in [6.45, 7) is -0.174. The Balaban J connectivity index is 1.52. The molecule has 32 heavy (non-hydrogen) atoms. The number of ether oxygens (including phenoxy) is 1. The fourth-order valence-corrected chi connectivity index (χ4v) is 5.43. The van der Waals surface area contributed by atoms with E-state index in [4.69, 9.17) is 21.5 Å². The van der Waals surface area contributed by atoms with Gasteiger partial charge in [0.25, 0.3) is 5.91 Å². The van der Waals surface area contributed by atoms with Gasteiger partial charge in [-0.3, -0.25) is 4.79 Å². The Bertz CT molecular complexity index is 1180. The minimum atomic E-state index is -3.77. The molecule has 0 radical (unpaired) electrons. The molecule has 0 spiro atoms. The average Bonchev–Trinajstić information content (AvgIpc) is 3.23. The Hall–Kier alpha value is -2.18. The molecule has 1 aliphatic rings. The van der Waals surface area contributed by atoms with Crippen molar-refractivity contribution in [2.24, 2.45) is 5.14 Å². The maximum absolute atomic E-state index is 12.5. The summed E-state index contributed by atoms with van der Waals surface area (Å²) in [7, 11) is -7.45. The van der Waals surface area contributed by atoms with E-state index in [1.54, 1.807) is 0 Å². The number of sulfonamides is 2. The van der Waals surface area contributed by atoms with E-state index in [-0.39, 0.29) is 39.8 Å². The highest BCUT2D eigenvalue weighted by Gasteiger charge is 2.23. The second-order valence-electron chi connectivity index (χ2n) is 7.45. The number of carbonyl (C=O) groups is 1. The van der Waals surface area contributed by atoms with Crippen molar-refractivity contribution in [3.8, 4) is 5.75 Å². The molecule has 1 aliphatic carbocycles. The van der Waals surface area contributed by atoms with E-state index in [0.717, 1.165) is 25.7 Å². The molecule has 0 aliphatic heterocycles. The summed E-state index contributed by atoms with van der Waals surface area (Å²) in [5.74, 6) is -0.254. The normalized spacial score (nSPS) is 14.9. The van der Waals surface area contributed by atoms with Crippen molar-refractivity contribution in [2.45, 2.75) is 48.1 Å². The highest BCUT2D eigenvalue weighted by atomic mass is 35.5. The number of halogens is 1. The summed E-state index contributed by atoms with van der Waals surface area (Å²) in [6.07, 6.45) is 3.65. The minimum Gasteiger partial charge on any atom is -0.482 e. The number of hydrogen-bond donors (Lipinski definition) is 3. The second-order valence-corrected chi connectivity index (χ2v) is 11.1. The van der Waals surface area contributed by atoms with Gasteiger partial charge < -0.3 is 10.1 Å². The van der Waals surface area contributed by atoms with Crippen molar-refractivity contribution in [2.75, 3.05) is 6.61 Å². The highest BCUT2D eigenvalue weighted by Crippen LogP contribution is 2.28. The van der Waals surface area contributed by atoms with Crippen molar-refractivity contribution in [1.82, 2.24) is 10.0 Å². The summed E-state index contributed by atoms with van der Waals surface area (Å²) in [4.78, 5) is 12.1. The second kappa shape index (κ2) is 10.2. The van der Waals surface area contributed by atoms with Crippen LogP contribution in [0.25, 0.3) is 0 Å². The van der Waals surface area contributed by atoms with Crippen LogP contribution in [0.5, 0.6) is 5.75 Å². The molecule has 0 aromatic heterocycles. The molecule has 12 heteroatoms. The Labute approximate surface area is 192 Å².